The van der Waals surface area contributed by atoms with E-state index < -0.39 is 23.5 Å². The molecule has 3 N–H and O–H groups in total. The summed E-state index contributed by atoms with van der Waals surface area (Å²) in [6.45, 7) is -0.581. The molecule has 0 aliphatic carbocycles. The third kappa shape index (κ3) is 3.26. The van der Waals surface area contributed by atoms with Gasteiger partial charge in [0.05, 0.1) is 23.8 Å². The van der Waals surface area contributed by atoms with E-state index in [0.29, 0.717) is 0 Å². The molecule has 1 aromatic heterocycles. The quantitative estimate of drug-likeness (QED) is 0.453. The van der Waals surface area contributed by atoms with E-state index >= 15 is 0 Å². The molecule has 0 radical (unpaired) electrons. The van der Waals surface area contributed by atoms with Crippen molar-refractivity contribution in [2.75, 3.05) is 13.2 Å². The van der Waals surface area contributed by atoms with Crippen LogP contribution in [-0.4, -0.2) is 44.9 Å². The Labute approximate surface area is 96.6 Å². The van der Waals surface area contributed by atoms with Crippen LogP contribution in [0.3, 0.4) is 0 Å². The number of carbonyl (C=O) groups excluding carboxylic acids is 1. The van der Waals surface area contributed by atoms with Crippen molar-refractivity contribution in [3.8, 4) is 0 Å². The van der Waals surface area contributed by atoms with Crippen LogP contribution in [0.25, 0.3) is 0 Å². The molecule has 1 heterocycles. The minimum absolute atomic E-state index is 0.113. The Kier molecular flexibility index (Phi) is 4.18. The topological polar surface area (TPSA) is 118 Å². The molecule has 17 heavy (non-hydrogen) atoms. The molecule has 0 saturated carbocycles. The molecule has 0 aliphatic rings. The third-order valence-electron chi connectivity index (χ3n) is 2.14. The minimum Gasteiger partial charge on any atom is -0.394 e. The number of aromatic nitrogens is 1. The summed E-state index contributed by atoms with van der Waals surface area (Å²) < 4.78 is 1.32. The molecule has 0 aromatic carbocycles. The Morgan fingerprint density at radius 3 is 2.82 bits per heavy atom. The number of amides is 1. The number of hydrogen-bond acceptors (Lipinski definition) is 5. The van der Waals surface area contributed by atoms with Crippen LogP contribution in [0, 0.1) is 10.1 Å². The second kappa shape index (κ2) is 5.41. The summed E-state index contributed by atoms with van der Waals surface area (Å²) in [5.74, 6) is -0.548. The highest BCUT2D eigenvalue weighted by atomic mass is 16.6. The van der Waals surface area contributed by atoms with E-state index in [4.69, 9.17) is 10.2 Å². The maximum absolute atomic E-state index is 11.6. The lowest BCUT2D eigenvalue weighted by atomic mass is 10.3. The van der Waals surface area contributed by atoms with Gasteiger partial charge in [0.2, 0.25) is 0 Å². The summed E-state index contributed by atoms with van der Waals surface area (Å²) in [5.41, 5.74) is -0.0674. The lowest BCUT2D eigenvalue weighted by molar-refractivity contribution is -0.384. The molecule has 1 unspecified atom stereocenters. The third-order valence-corrected chi connectivity index (χ3v) is 2.14. The Morgan fingerprint density at radius 1 is 1.71 bits per heavy atom. The zero-order chi connectivity index (χ0) is 13.0. The summed E-state index contributed by atoms with van der Waals surface area (Å²) in [7, 11) is 1.50. The lowest BCUT2D eigenvalue weighted by Crippen LogP contribution is -2.34. The Bertz CT molecular complexity index is 428. The highest BCUT2D eigenvalue weighted by molar-refractivity contribution is 5.93. The van der Waals surface area contributed by atoms with Gasteiger partial charge in [0.25, 0.3) is 11.6 Å². The van der Waals surface area contributed by atoms with E-state index in [1.165, 1.54) is 17.8 Å². The fourth-order valence-corrected chi connectivity index (χ4v) is 1.24. The van der Waals surface area contributed by atoms with Crippen LogP contribution in [0.2, 0.25) is 0 Å². The predicted molar refractivity (Wildman–Crippen MR) is 57.5 cm³/mol. The Balaban J connectivity index is 2.72. The monoisotopic (exact) mass is 243 g/mol. The number of nitrogens with zero attached hydrogens (tertiary/aromatic N) is 2. The second-order valence-corrected chi connectivity index (χ2v) is 3.50. The summed E-state index contributed by atoms with van der Waals surface area (Å²) in [5, 5.41) is 30.4. The van der Waals surface area contributed by atoms with Crippen molar-refractivity contribution >= 4 is 11.6 Å². The van der Waals surface area contributed by atoms with E-state index in [0.717, 1.165) is 6.07 Å². The van der Waals surface area contributed by atoms with E-state index in [-0.39, 0.29) is 17.9 Å². The molecule has 0 fully saturated rings. The van der Waals surface area contributed by atoms with Crippen molar-refractivity contribution in [1.82, 2.24) is 9.88 Å². The van der Waals surface area contributed by atoms with Crippen molar-refractivity contribution < 1.29 is 19.9 Å². The summed E-state index contributed by atoms with van der Waals surface area (Å²) in [6, 6.07) is 1.14. The maximum atomic E-state index is 11.6. The van der Waals surface area contributed by atoms with Gasteiger partial charge in [-0.05, 0) is 0 Å². The fraction of sp³-hybridized carbons (Fsp3) is 0.444. The van der Waals surface area contributed by atoms with Crippen molar-refractivity contribution in [1.29, 1.82) is 0 Å². The average Bonchev–Trinajstić information content (AvgIpc) is 2.68. The molecule has 0 bridgehead atoms. The van der Waals surface area contributed by atoms with Crippen molar-refractivity contribution in [2.24, 2.45) is 7.05 Å². The standard InChI is InChI=1S/C9H13N3O5/c1-11-4-6(12(16)17)2-8(11)9(15)10-3-7(14)5-13/h2,4,7,13-14H,3,5H2,1H3,(H,10,15). The van der Waals surface area contributed by atoms with Gasteiger partial charge in [-0.1, -0.05) is 0 Å². The van der Waals surface area contributed by atoms with Gasteiger partial charge in [-0.15, -0.1) is 0 Å². The van der Waals surface area contributed by atoms with E-state index in [1.807, 2.05) is 0 Å². The first kappa shape index (κ1) is 13.1. The zero-order valence-electron chi connectivity index (χ0n) is 9.16. The van der Waals surface area contributed by atoms with E-state index in [2.05, 4.69) is 5.32 Å². The number of carbonyl (C=O) groups is 1. The van der Waals surface area contributed by atoms with Crippen molar-refractivity contribution in [3.05, 3.63) is 28.1 Å². The first-order valence-corrected chi connectivity index (χ1v) is 4.83. The van der Waals surface area contributed by atoms with E-state index in [1.54, 1.807) is 0 Å². The Hall–Kier alpha value is -1.93. The van der Waals surface area contributed by atoms with Gasteiger partial charge in [-0.2, -0.15) is 0 Å². The van der Waals surface area contributed by atoms with Crippen LogP contribution in [0.4, 0.5) is 5.69 Å². The van der Waals surface area contributed by atoms with Crippen LogP contribution in [0.15, 0.2) is 12.3 Å². The summed E-state index contributed by atoms with van der Waals surface area (Å²) >= 11 is 0. The van der Waals surface area contributed by atoms with Crippen LogP contribution >= 0.6 is 0 Å². The molecule has 1 aromatic rings. The zero-order valence-corrected chi connectivity index (χ0v) is 9.16. The van der Waals surface area contributed by atoms with Crippen LogP contribution < -0.4 is 5.32 Å². The predicted octanol–water partition coefficient (Wildman–Crippen LogP) is -0.984. The molecule has 1 rings (SSSR count). The van der Waals surface area contributed by atoms with Crippen LogP contribution in [-0.2, 0) is 7.05 Å². The number of aryl methyl sites for hydroxylation is 1. The van der Waals surface area contributed by atoms with Gasteiger partial charge in [-0.3, -0.25) is 14.9 Å². The molecule has 0 aliphatic heterocycles. The summed E-state index contributed by atoms with van der Waals surface area (Å²) in [4.78, 5) is 21.5. The fourth-order valence-electron chi connectivity index (χ4n) is 1.24. The van der Waals surface area contributed by atoms with Gasteiger partial charge in [-0.25, -0.2) is 0 Å². The second-order valence-electron chi connectivity index (χ2n) is 3.50. The number of aliphatic hydroxyl groups is 2. The number of nitro groups is 1. The van der Waals surface area contributed by atoms with Gasteiger partial charge >= 0.3 is 0 Å². The SMILES string of the molecule is Cn1cc([N+](=O)[O-])cc1C(=O)NCC(O)CO. The molecular weight excluding hydrogens is 230 g/mol. The molecule has 94 valence electrons. The van der Waals surface area contributed by atoms with Gasteiger partial charge in [0, 0.05) is 19.7 Å². The molecule has 8 heteroatoms. The molecule has 1 amide bonds. The lowest BCUT2D eigenvalue weighted by Gasteiger charge is -2.08. The molecule has 0 spiro atoms. The number of hydrogen-bond donors (Lipinski definition) is 3. The molecular formula is C9H13N3O5. The molecule has 8 nitrogen and oxygen atoms in total. The van der Waals surface area contributed by atoms with Crippen molar-refractivity contribution in [2.45, 2.75) is 6.10 Å². The first-order valence-electron chi connectivity index (χ1n) is 4.83. The first-order chi connectivity index (χ1) is 7.95. The molecule has 0 saturated heterocycles. The maximum Gasteiger partial charge on any atom is 0.287 e. The largest absolute Gasteiger partial charge is 0.394 e. The summed E-state index contributed by atoms with van der Waals surface area (Å²) in [6.07, 6.45) is 0.173. The highest BCUT2D eigenvalue weighted by Crippen LogP contribution is 2.14. The van der Waals surface area contributed by atoms with Gasteiger partial charge < -0.3 is 20.1 Å². The molecule has 1 atom stereocenters. The highest BCUT2D eigenvalue weighted by Gasteiger charge is 2.17. The van der Waals surface area contributed by atoms with Gasteiger partial charge in [0.15, 0.2) is 0 Å². The van der Waals surface area contributed by atoms with Crippen LogP contribution in [0.1, 0.15) is 10.5 Å². The Morgan fingerprint density at radius 2 is 2.35 bits per heavy atom. The van der Waals surface area contributed by atoms with Crippen LogP contribution in [0.5, 0.6) is 0 Å². The number of rotatable bonds is 5. The minimum atomic E-state index is -1.05. The number of aliphatic hydroxyl groups excluding tert-OH is 2. The average molecular weight is 243 g/mol. The number of nitrogens with one attached hydrogen (secondary N) is 1. The smallest absolute Gasteiger partial charge is 0.287 e. The van der Waals surface area contributed by atoms with E-state index in [9.17, 15) is 14.9 Å². The normalized spacial score (nSPS) is 12.2. The van der Waals surface area contributed by atoms with Gasteiger partial charge in [0.1, 0.15) is 5.69 Å². The van der Waals surface area contributed by atoms with Crippen molar-refractivity contribution in [3.63, 3.8) is 0 Å².